The zero-order chi connectivity index (χ0) is 18.9. The van der Waals surface area contributed by atoms with Crippen LogP contribution in [0.4, 0.5) is 10.1 Å². The highest BCUT2D eigenvalue weighted by Crippen LogP contribution is 2.35. The van der Waals surface area contributed by atoms with Gasteiger partial charge in [0.1, 0.15) is 5.82 Å². The third-order valence-electron chi connectivity index (χ3n) is 3.59. The van der Waals surface area contributed by atoms with Crippen molar-refractivity contribution in [2.75, 3.05) is 7.11 Å². The van der Waals surface area contributed by atoms with Gasteiger partial charge in [0.05, 0.1) is 34.5 Å². The number of aromatic nitrogens is 1. The van der Waals surface area contributed by atoms with Crippen molar-refractivity contribution in [3.8, 4) is 11.1 Å². The second-order valence-electron chi connectivity index (χ2n) is 5.13. The van der Waals surface area contributed by atoms with Gasteiger partial charge in [-0.3, -0.25) is 15.1 Å². The van der Waals surface area contributed by atoms with Crippen LogP contribution in [-0.2, 0) is 4.74 Å². The second kappa shape index (κ2) is 6.63. The first-order chi connectivity index (χ1) is 11.7. The number of aromatic carboxylic acids is 1. The number of carbonyl (C=O) groups is 2. The number of carbonyl (C=O) groups excluding carboxylic acids is 1. The van der Waals surface area contributed by atoms with Gasteiger partial charge in [-0.25, -0.2) is 14.0 Å². The van der Waals surface area contributed by atoms with Gasteiger partial charge in [-0.15, -0.1) is 0 Å². The molecule has 130 valence electrons. The zero-order valence-electron chi connectivity index (χ0n) is 13.5. The fourth-order valence-electron chi connectivity index (χ4n) is 2.55. The van der Waals surface area contributed by atoms with Gasteiger partial charge in [0.25, 0.3) is 5.69 Å². The lowest BCUT2D eigenvalue weighted by Crippen LogP contribution is -2.15. The predicted octanol–water partition coefficient (Wildman–Crippen LogP) is 2.90. The van der Waals surface area contributed by atoms with E-state index in [4.69, 9.17) is 0 Å². The van der Waals surface area contributed by atoms with Crippen molar-refractivity contribution in [2.24, 2.45) is 0 Å². The van der Waals surface area contributed by atoms with Crippen LogP contribution < -0.4 is 0 Å². The number of carboxylic acids is 1. The molecule has 0 spiro atoms. The quantitative estimate of drug-likeness (QED) is 0.512. The van der Waals surface area contributed by atoms with Crippen LogP contribution in [0.1, 0.15) is 32.1 Å². The van der Waals surface area contributed by atoms with E-state index in [1.807, 2.05) is 0 Å². The Hall–Kier alpha value is -3.36. The number of non-ortho nitro benzene ring substituents is 1. The van der Waals surface area contributed by atoms with Crippen LogP contribution in [-0.4, -0.2) is 34.1 Å². The average Bonchev–Trinajstić information content (AvgIpc) is 2.53. The van der Waals surface area contributed by atoms with E-state index in [1.165, 1.54) is 13.8 Å². The maximum absolute atomic E-state index is 14.4. The van der Waals surface area contributed by atoms with Crippen molar-refractivity contribution in [1.29, 1.82) is 0 Å². The van der Waals surface area contributed by atoms with Gasteiger partial charge in [0.2, 0.25) is 0 Å². The molecule has 2 rings (SSSR count). The number of carboxylic acid groups (broad SMARTS) is 1. The van der Waals surface area contributed by atoms with E-state index in [1.54, 1.807) is 0 Å². The lowest BCUT2D eigenvalue weighted by Gasteiger charge is -2.16. The molecule has 2 aromatic rings. The van der Waals surface area contributed by atoms with Gasteiger partial charge >= 0.3 is 11.9 Å². The number of aryl methyl sites for hydroxylation is 2. The molecule has 0 fully saturated rings. The van der Waals surface area contributed by atoms with E-state index in [2.05, 4.69) is 9.72 Å². The molecule has 0 unspecified atom stereocenters. The van der Waals surface area contributed by atoms with Crippen molar-refractivity contribution in [2.45, 2.75) is 13.8 Å². The molecule has 25 heavy (non-hydrogen) atoms. The maximum Gasteiger partial charge on any atom is 0.340 e. The van der Waals surface area contributed by atoms with E-state index >= 15 is 0 Å². The fourth-order valence-corrected chi connectivity index (χ4v) is 2.55. The summed E-state index contributed by atoms with van der Waals surface area (Å²) in [7, 11) is 1.08. The number of methoxy groups -OCH3 is 1. The van der Waals surface area contributed by atoms with Crippen LogP contribution in [0.25, 0.3) is 11.1 Å². The molecule has 0 radical (unpaired) electrons. The summed E-state index contributed by atoms with van der Waals surface area (Å²) >= 11 is 0. The van der Waals surface area contributed by atoms with Crippen LogP contribution in [0.5, 0.6) is 0 Å². The molecule has 1 aromatic carbocycles. The SMILES string of the molecule is COC(=O)c1c(C)nc(C)c(C(=O)O)c1-c1cc([N+](=O)[O-])ccc1F. The number of pyridine rings is 1. The van der Waals surface area contributed by atoms with Gasteiger partial charge in [-0.2, -0.15) is 0 Å². The second-order valence-corrected chi connectivity index (χ2v) is 5.13. The Kier molecular flexibility index (Phi) is 4.77. The summed E-state index contributed by atoms with van der Waals surface area (Å²) in [6.45, 7) is 2.82. The van der Waals surface area contributed by atoms with Crippen molar-refractivity contribution in [3.05, 3.63) is 56.6 Å². The van der Waals surface area contributed by atoms with Crippen LogP contribution in [0.3, 0.4) is 0 Å². The number of benzene rings is 1. The molecule has 0 saturated heterocycles. The highest BCUT2D eigenvalue weighted by Gasteiger charge is 2.29. The topological polar surface area (TPSA) is 120 Å². The largest absolute Gasteiger partial charge is 0.478 e. The highest BCUT2D eigenvalue weighted by molar-refractivity contribution is 6.06. The molecule has 9 heteroatoms. The molecule has 8 nitrogen and oxygen atoms in total. The van der Waals surface area contributed by atoms with Gasteiger partial charge in [0, 0.05) is 23.3 Å². The van der Waals surface area contributed by atoms with E-state index < -0.39 is 33.9 Å². The maximum atomic E-state index is 14.4. The molecule has 0 saturated carbocycles. The Balaban J connectivity index is 3.02. The van der Waals surface area contributed by atoms with Crippen LogP contribution >= 0.6 is 0 Å². The molecule has 0 aliphatic heterocycles. The van der Waals surface area contributed by atoms with Gasteiger partial charge < -0.3 is 9.84 Å². The minimum absolute atomic E-state index is 0.0403. The standard InChI is InChI=1S/C16H13FN2O6/c1-7-12(15(20)21)14(13(8(2)18-7)16(22)25-3)10-6-9(19(23)24)4-5-11(10)17/h4-6H,1-3H3,(H,20,21). The van der Waals surface area contributed by atoms with Crippen LogP contribution in [0.15, 0.2) is 18.2 Å². The van der Waals surface area contributed by atoms with Crippen LogP contribution in [0, 0.1) is 29.8 Å². The lowest BCUT2D eigenvalue weighted by molar-refractivity contribution is -0.384. The Morgan fingerprint density at radius 1 is 1.24 bits per heavy atom. The van der Waals surface area contributed by atoms with Gasteiger partial charge in [-0.1, -0.05) is 0 Å². The molecule has 1 N–H and O–H groups in total. The lowest BCUT2D eigenvalue weighted by atomic mass is 9.92. The molecule has 0 atom stereocenters. The van der Waals surface area contributed by atoms with Crippen molar-refractivity contribution in [3.63, 3.8) is 0 Å². The normalized spacial score (nSPS) is 10.4. The Morgan fingerprint density at radius 2 is 1.84 bits per heavy atom. The number of rotatable bonds is 4. The highest BCUT2D eigenvalue weighted by atomic mass is 19.1. The van der Waals surface area contributed by atoms with E-state index in [9.17, 15) is 29.2 Å². The molecular weight excluding hydrogens is 335 g/mol. The van der Waals surface area contributed by atoms with Gasteiger partial charge in [0.15, 0.2) is 0 Å². The smallest absolute Gasteiger partial charge is 0.340 e. The molecule has 1 aromatic heterocycles. The Morgan fingerprint density at radius 3 is 2.36 bits per heavy atom. The predicted molar refractivity (Wildman–Crippen MR) is 84.1 cm³/mol. The number of ether oxygens (including phenoxy) is 1. The molecule has 1 heterocycles. The minimum atomic E-state index is -1.45. The number of esters is 1. The number of halogens is 1. The number of nitro groups is 1. The third kappa shape index (κ3) is 3.16. The van der Waals surface area contributed by atoms with Gasteiger partial charge in [-0.05, 0) is 19.9 Å². The number of hydrogen-bond acceptors (Lipinski definition) is 6. The average molecular weight is 348 g/mol. The van der Waals surface area contributed by atoms with Crippen molar-refractivity contribution in [1.82, 2.24) is 4.98 Å². The summed E-state index contributed by atoms with van der Waals surface area (Å²) in [5.41, 5.74) is -1.66. The first-order valence-electron chi connectivity index (χ1n) is 6.96. The molecule has 0 aliphatic rings. The summed E-state index contributed by atoms with van der Waals surface area (Å²) < 4.78 is 19.0. The molecule has 0 aliphatic carbocycles. The first kappa shape index (κ1) is 18.0. The van der Waals surface area contributed by atoms with Crippen molar-refractivity contribution < 1.29 is 28.7 Å². The Labute approximate surface area is 141 Å². The Bertz CT molecular complexity index is 910. The summed E-state index contributed by atoms with van der Waals surface area (Å²) in [6.07, 6.45) is 0. The van der Waals surface area contributed by atoms with E-state index in [-0.39, 0.29) is 28.1 Å². The minimum Gasteiger partial charge on any atom is -0.478 e. The number of nitro benzene ring substituents is 1. The fraction of sp³-hybridized carbons (Fsp3) is 0.188. The van der Waals surface area contributed by atoms with E-state index in [0.717, 1.165) is 25.3 Å². The van der Waals surface area contributed by atoms with Crippen LogP contribution in [0.2, 0.25) is 0 Å². The summed E-state index contributed by atoms with van der Waals surface area (Å²) in [4.78, 5) is 38.0. The van der Waals surface area contributed by atoms with E-state index in [0.29, 0.717) is 0 Å². The summed E-state index contributed by atoms with van der Waals surface area (Å²) in [6, 6.07) is 2.66. The number of hydrogen-bond donors (Lipinski definition) is 1. The zero-order valence-corrected chi connectivity index (χ0v) is 13.5. The monoisotopic (exact) mass is 348 g/mol. The first-order valence-corrected chi connectivity index (χ1v) is 6.96. The van der Waals surface area contributed by atoms with Crippen molar-refractivity contribution >= 4 is 17.6 Å². The number of nitrogens with zero attached hydrogens (tertiary/aromatic N) is 2. The molecular formula is C16H13FN2O6. The molecule has 0 amide bonds. The third-order valence-corrected chi connectivity index (χ3v) is 3.59. The summed E-state index contributed by atoms with van der Waals surface area (Å²) in [5.74, 6) is -3.28. The molecule has 0 bridgehead atoms. The summed E-state index contributed by atoms with van der Waals surface area (Å²) in [5, 5.41) is 20.5.